The van der Waals surface area contributed by atoms with E-state index in [-0.39, 0.29) is 47.9 Å². The number of fused-ring (bicyclic) bond motifs is 1. The Kier molecular flexibility index (Phi) is 6.87. The number of H-pyrrole nitrogens is 1. The molecule has 3 heterocycles. The first-order valence-corrected chi connectivity index (χ1v) is 11.6. The standard InChI is InChI=1S/C23H27F3N6O4/c1-12-8-17(32(35,11-12)31-14(10-27)9-13-6-7-28-21(13)33)30-22(34)20-19(23(24,25)26)18-15(29-20)4-3-5-16(18)36-2/h3-5,12-14,17,29,31H,6-9,11H2,1-2H3,(H,28,33)(H,30,34)/t12?,13-,14-,17-,32?/m0/s1. The smallest absolute Gasteiger partial charge is 0.419 e. The second-order valence-corrected chi connectivity index (χ2v) is 9.39. The number of ether oxygens (including phenoxy) is 1. The van der Waals surface area contributed by atoms with E-state index in [9.17, 15) is 33.2 Å². The summed E-state index contributed by atoms with van der Waals surface area (Å²) in [6, 6.07) is 5.26. The van der Waals surface area contributed by atoms with Gasteiger partial charge in [-0.15, -0.1) is 5.43 Å². The number of hydroxylamine groups is 2. The molecule has 0 aliphatic carbocycles. The molecule has 2 aromatic rings. The van der Waals surface area contributed by atoms with Crippen LogP contribution >= 0.6 is 0 Å². The lowest BCUT2D eigenvalue weighted by atomic mass is 9.99. The Bertz CT molecular complexity index is 1210. The van der Waals surface area contributed by atoms with Crippen LogP contribution in [0.5, 0.6) is 5.75 Å². The van der Waals surface area contributed by atoms with Gasteiger partial charge in [-0.2, -0.15) is 18.4 Å². The SMILES string of the molecule is COc1cccc2[nH]c(C(=O)N[C@@H]3CC(C)C[N+]3([O-])N[C@H](C#N)C[C@@H]3CCNC3=O)c(C(F)(F)F)c12. The van der Waals surface area contributed by atoms with Crippen LogP contribution in [-0.2, 0) is 11.0 Å². The van der Waals surface area contributed by atoms with E-state index in [4.69, 9.17) is 4.74 Å². The molecular weight excluding hydrogens is 481 g/mol. The van der Waals surface area contributed by atoms with Gasteiger partial charge < -0.3 is 20.2 Å². The molecule has 0 saturated carbocycles. The van der Waals surface area contributed by atoms with Crippen LogP contribution < -0.4 is 20.8 Å². The van der Waals surface area contributed by atoms with Gasteiger partial charge in [0.15, 0.2) is 6.17 Å². The Morgan fingerprint density at radius 2 is 2.17 bits per heavy atom. The molecule has 2 fully saturated rings. The number of benzene rings is 1. The van der Waals surface area contributed by atoms with Gasteiger partial charge in [0.25, 0.3) is 5.91 Å². The van der Waals surface area contributed by atoms with E-state index in [0.29, 0.717) is 13.0 Å². The van der Waals surface area contributed by atoms with Gasteiger partial charge in [0.2, 0.25) is 5.91 Å². The van der Waals surface area contributed by atoms with E-state index >= 15 is 0 Å². The average Bonchev–Trinajstić information content (AvgIpc) is 3.48. The minimum absolute atomic E-state index is 0.00730. The fourth-order valence-corrected chi connectivity index (χ4v) is 5.14. The van der Waals surface area contributed by atoms with Crippen molar-refractivity contribution in [1.82, 2.24) is 21.0 Å². The summed E-state index contributed by atoms with van der Waals surface area (Å²) in [5, 5.41) is 28.1. The number of aromatic nitrogens is 1. The number of quaternary nitrogens is 1. The van der Waals surface area contributed by atoms with Crippen LogP contribution in [0.4, 0.5) is 13.2 Å². The number of halogens is 3. The maximum absolute atomic E-state index is 14.1. The molecule has 10 nitrogen and oxygen atoms in total. The summed E-state index contributed by atoms with van der Waals surface area (Å²) in [4.78, 5) is 27.6. The highest BCUT2D eigenvalue weighted by Gasteiger charge is 2.45. The average molecular weight is 509 g/mol. The maximum atomic E-state index is 14.1. The van der Waals surface area contributed by atoms with Gasteiger partial charge in [0, 0.05) is 24.8 Å². The molecule has 2 aliphatic heterocycles. The van der Waals surface area contributed by atoms with E-state index in [1.54, 1.807) is 6.92 Å². The molecular formula is C23H27F3N6O4. The number of aromatic amines is 1. The van der Waals surface area contributed by atoms with Crippen molar-refractivity contribution in [3.8, 4) is 11.8 Å². The number of nitriles is 1. The zero-order valence-corrected chi connectivity index (χ0v) is 19.7. The summed E-state index contributed by atoms with van der Waals surface area (Å²) in [6.07, 6.45) is -5.18. The molecule has 5 atom stereocenters. The van der Waals surface area contributed by atoms with Crippen molar-refractivity contribution in [2.45, 2.75) is 44.6 Å². The number of methoxy groups -OCH3 is 1. The molecule has 13 heteroatoms. The van der Waals surface area contributed by atoms with E-state index in [2.05, 4.69) is 21.0 Å². The highest BCUT2D eigenvalue weighted by molar-refractivity contribution is 6.03. The Morgan fingerprint density at radius 1 is 1.42 bits per heavy atom. The summed E-state index contributed by atoms with van der Waals surface area (Å²) in [5.74, 6) is -1.93. The summed E-state index contributed by atoms with van der Waals surface area (Å²) in [5.41, 5.74) is 0.840. The molecule has 0 radical (unpaired) electrons. The summed E-state index contributed by atoms with van der Waals surface area (Å²) in [6.45, 7) is 2.26. The Balaban J connectivity index is 1.60. The molecule has 2 saturated heterocycles. The number of hydrogen-bond acceptors (Lipinski definition) is 6. The lowest BCUT2D eigenvalue weighted by Crippen LogP contribution is -2.64. The summed E-state index contributed by atoms with van der Waals surface area (Å²) in [7, 11) is 1.23. The van der Waals surface area contributed by atoms with Gasteiger partial charge in [0.05, 0.1) is 29.6 Å². The molecule has 4 N–H and O–H groups in total. The van der Waals surface area contributed by atoms with Crippen LogP contribution in [0.2, 0.25) is 0 Å². The van der Waals surface area contributed by atoms with Gasteiger partial charge in [-0.25, -0.2) is 0 Å². The van der Waals surface area contributed by atoms with Crippen LogP contribution in [-0.4, -0.2) is 54.0 Å². The zero-order chi connectivity index (χ0) is 26.3. The molecule has 1 aromatic heterocycles. The third-order valence-electron chi connectivity index (χ3n) is 6.74. The van der Waals surface area contributed by atoms with Crippen molar-refractivity contribution in [2.75, 3.05) is 20.2 Å². The van der Waals surface area contributed by atoms with Crippen molar-refractivity contribution >= 4 is 22.7 Å². The summed E-state index contributed by atoms with van der Waals surface area (Å²) >= 11 is 0. The lowest BCUT2D eigenvalue weighted by molar-refractivity contribution is -0.940. The van der Waals surface area contributed by atoms with Gasteiger partial charge in [-0.3, -0.25) is 19.7 Å². The summed E-state index contributed by atoms with van der Waals surface area (Å²) < 4.78 is 46.1. The van der Waals surface area contributed by atoms with Crippen LogP contribution in [0.25, 0.3) is 10.9 Å². The van der Waals surface area contributed by atoms with E-state index in [0.717, 1.165) is 0 Å². The number of amides is 2. The first-order valence-electron chi connectivity index (χ1n) is 11.6. The van der Waals surface area contributed by atoms with Crippen LogP contribution in [0.3, 0.4) is 0 Å². The second-order valence-electron chi connectivity index (χ2n) is 9.39. The number of alkyl halides is 3. The predicted molar refractivity (Wildman–Crippen MR) is 122 cm³/mol. The Morgan fingerprint density at radius 3 is 2.78 bits per heavy atom. The van der Waals surface area contributed by atoms with Gasteiger partial charge in [-0.05, 0) is 25.0 Å². The monoisotopic (exact) mass is 508 g/mol. The number of rotatable bonds is 7. The van der Waals surface area contributed by atoms with Crippen molar-refractivity contribution < 1.29 is 32.3 Å². The number of hydrogen-bond donors (Lipinski definition) is 4. The van der Waals surface area contributed by atoms with Crippen molar-refractivity contribution in [1.29, 1.82) is 5.26 Å². The molecule has 194 valence electrons. The van der Waals surface area contributed by atoms with E-state index in [1.807, 2.05) is 6.07 Å². The first-order chi connectivity index (χ1) is 17.0. The van der Waals surface area contributed by atoms with Crippen molar-refractivity contribution in [3.05, 3.63) is 34.7 Å². The molecule has 1 aromatic carbocycles. The highest BCUT2D eigenvalue weighted by Crippen LogP contribution is 2.42. The largest absolute Gasteiger partial charge is 0.610 e. The maximum Gasteiger partial charge on any atom is 0.419 e. The van der Waals surface area contributed by atoms with Crippen LogP contribution in [0.1, 0.15) is 42.2 Å². The molecule has 0 bridgehead atoms. The first kappa shape index (κ1) is 25.7. The number of nitrogens with one attached hydrogen (secondary N) is 4. The quantitative estimate of drug-likeness (QED) is 0.335. The number of nitrogens with zero attached hydrogens (tertiary/aromatic N) is 2. The third-order valence-corrected chi connectivity index (χ3v) is 6.74. The fourth-order valence-electron chi connectivity index (χ4n) is 5.14. The third kappa shape index (κ3) is 4.84. The highest BCUT2D eigenvalue weighted by atomic mass is 19.4. The lowest BCUT2D eigenvalue weighted by Gasteiger charge is -2.44. The normalized spacial score (nSPS) is 27.0. The second kappa shape index (κ2) is 9.61. The molecule has 2 aliphatic rings. The van der Waals surface area contributed by atoms with E-state index in [1.165, 1.54) is 25.3 Å². The van der Waals surface area contributed by atoms with Gasteiger partial charge in [-0.1, -0.05) is 13.0 Å². The molecule has 0 spiro atoms. The van der Waals surface area contributed by atoms with E-state index < -0.39 is 46.2 Å². The fraction of sp³-hybridized carbons (Fsp3) is 0.522. The molecule has 2 amide bonds. The molecule has 36 heavy (non-hydrogen) atoms. The Hall–Kier alpha value is -3.34. The number of carbonyl (C=O) groups excluding carboxylic acids is 2. The van der Waals surface area contributed by atoms with Crippen molar-refractivity contribution in [3.63, 3.8) is 0 Å². The van der Waals surface area contributed by atoms with Gasteiger partial charge in [0.1, 0.15) is 24.0 Å². The van der Waals surface area contributed by atoms with Gasteiger partial charge >= 0.3 is 6.18 Å². The zero-order valence-electron chi connectivity index (χ0n) is 19.7. The minimum Gasteiger partial charge on any atom is -0.610 e. The molecule has 4 rings (SSSR count). The molecule has 2 unspecified atom stereocenters. The van der Waals surface area contributed by atoms with Crippen LogP contribution in [0, 0.1) is 28.4 Å². The number of carbonyl (C=O) groups is 2. The van der Waals surface area contributed by atoms with Crippen molar-refractivity contribution in [2.24, 2.45) is 11.8 Å². The Labute approximate surface area is 204 Å². The topological polar surface area (TPSA) is 142 Å². The minimum atomic E-state index is -4.88. The van der Waals surface area contributed by atoms with Crippen LogP contribution in [0.15, 0.2) is 18.2 Å². The predicted octanol–water partition coefficient (Wildman–Crippen LogP) is 2.53.